The van der Waals surface area contributed by atoms with Crippen molar-refractivity contribution < 1.29 is 13.2 Å². The molecule has 2 aromatic rings. The molecule has 1 N–H and O–H groups in total. The summed E-state index contributed by atoms with van der Waals surface area (Å²) in [6.45, 7) is 8.32. The van der Waals surface area contributed by atoms with Crippen LogP contribution in [0.1, 0.15) is 52.0 Å². The molecule has 176 valence electrons. The molecule has 1 amide bonds. The molecule has 0 radical (unpaired) electrons. The molecule has 2 aliphatic heterocycles. The molecular weight excluding hydrogens is 428 g/mol. The smallest absolute Gasteiger partial charge is 0.243 e. The molecule has 1 atom stereocenters. The Morgan fingerprint density at radius 3 is 2.69 bits per heavy atom. The lowest BCUT2D eigenvalue weighted by Gasteiger charge is -2.31. The van der Waals surface area contributed by atoms with Crippen LogP contribution in [0.25, 0.3) is 11.0 Å². The van der Waals surface area contributed by atoms with Gasteiger partial charge in [0.15, 0.2) is 0 Å². The fraction of sp³-hybridized carbons (Fsp3) is 0.682. The largest absolute Gasteiger partial charge is 0.355 e. The number of nitrogens with one attached hydrogen (secondary N) is 1. The minimum atomic E-state index is -3.70. The highest BCUT2D eigenvalue weighted by Gasteiger charge is 2.33. The summed E-state index contributed by atoms with van der Waals surface area (Å²) in [4.78, 5) is 15.3. The first kappa shape index (κ1) is 23.1. The molecule has 3 heterocycles. The molecule has 0 spiro atoms. The van der Waals surface area contributed by atoms with E-state index in [9.17, 15) is 13.2 Å². The van der Waals surface area contributed by atoms with Gasteiger partial charge in [-0.25, -0.2) is 13.1 Å². The van der Waals surface area contributed by atoms with E-state index in [1.165, 1.54) is 23.6 Å². The number of likely N-dealkylation sites (tertiary alicyclic amines) is 1. The Labute approximate surface area is 190 Å². The fourth-order valence-electron chi connectivity index (χ4n) is 4.65. The van der Waals surface area contributed by atoms with Gasteiger partial charge in [0.1, 0.15) is 5.52 Å². The van der Waals surface area contributed by atoms with Gasteiger partial charge in [0.2, 0.25) is 15.9 Å². The summed E-state index contributed by atoms with van der Waals surface area (Å²) in [7, 11) is -3.70. The SMILES string of the molecule is CC(C)n1nnc2cc(S(=O)(=O)N3CCC[C@H](C(=O)NCCN4CCCCC4)C3)ccc21. The van der Waals surface area contributed by atoms with E-state index in [0.717, 1.165) is 25.2 Å². The Bertz CT molecular complexity index is 1050. The van der Waals surface area contributed by atoms with Crippen molar-refractivity contribution in [3.8, 4) is 0 Å². The number of nitrogens with zero attached hydrogens (tertiary/aromatic N) is 5. The molecular formula is C22H34N6O3S. The van der Waals surface area contributed by atoms with E-state index in [2.05, 4.69) is 20.5 Å². The van der Waals surface area contributed by atoms with E-state index < -0.39 is 10.0 Å². The molecule has 2 saturated heterocycles. The van der Waals surface area contributed by atoms with E-state index in [-0.39, 0.29) is 29.3 Å². The Morgan fingerprint density at radius 1 is 1.16 bits per heavy atom. The average Bonchev–Trinajstić information content (AvgIpc) is 3.23. The van der Waals surface area contributed by atoms with Gasteiger partial charge in [0, 0.05) is 32.2 Å². The van der Waals surface area contributed by atoms with Crippen LogP contribution in [0.5, 0.6) is 0 Å². The zero-order chi connectivity index (χ0) is 22.7. The number of fused-ring (bicyclic) bond motifs is 1. The van der Waals surface area contributed by atoms with Gasteiger partial charge in [-0.05, 0) is 70.8 Å². The van der Waals surface area contributed by atoms with Crippen LogP contribution in [0.3, 0.4) is 0 Å². The summed E-state index contributed by atoms with van der Waals surface area (Å²) in [5.74, 6) is -0.359. The number of carbonyl (C=O) groups excluding carboxylic acids is 1. The van der Waals surface area contributed by atoms with Gasteiger partial charge in [0.25, 0.3) is 0 Å². The summed E-state index contributed by atoms with van der Waals surface area (Å²) >= 11 is 0. The molecule has 1 aromatic heterocycles. The third-order valence-corrected chi connectivity index (χ3v) is 8.36. The number of rotatable bonds is 7. The first-order chi connectivity index (χ1) is 15.4. The van der Waals surface area contributed by atoms with Crippen LogP contribution in [0.15, 0.2) is 23.1 Å². The molecule has 0 aliphatic carbocycles. The van der Waals surface area contributed by atoms with E-state index in [4.69, 9.17) is 0 Å². The third-order valence-electron chi connectivity index (χ3n) is 6.50. The first-order valence-electron chi connectivity index (χ1n) is 11.7. The first-order valence-corrected chi connectivity index (χ1v) is 13.2. The van der Waals surface area contributed by atoms with Gasteiger partial charge in [-0.2, -0.15) is 4.31 Å². The van der Waals surface area contributed by atoms with Crippen LogP contribution in [-0.4, -0.2) is 77.8 Å². The lowest BCUT2D eigenvalue weighted by Crippen LogP contribution is -2.46. The molecule has 0 unspecified atom stereocenters. The molecule has 32 heavy (non-hydrogen) atoms. The summed E-state index contributed by atoms with van der Waals surface area (Å²) < 4.78 is 29.8. The molecule has 4 rings (SSSR count). The van der Waals surface area contributed by atoms with Crippen molar-refractivity contribution in [2.24, 2.45) is 5.92 Å². The number of piperidine rings is 2. The van der Waals surface area contributed by atoms with Crippen molar-refractivity contribution in [1.82, 2.24) is 29.5 Å². The van der Waals surface area contributed by atoms with Crippen LogP contribution < -0.4 is 5.32 Å². The predicted molar refractivity (Wildman–Crippen MR) is 123 cm³/mol. The quantitative estimate of drug-likeness (QED) is 0.676. The second kappa shape index (κ2) is 9.84. The Kier molecular flexibility index (Phi) is 7.11. The topological polar surface area (TPSA) is 100 Å². The second-order valence-electron chi connectivity index (χ2n) is 9.17. The molecule has 10 heteroatoms. The van der Waals surface area contributed by atoms with E-state index >= 15 is 0 Å². The number of aromatic nitrogens is 3. The van der Waals surface area contributed by atoms with Gasteiger partial charge in [0.05, 0.1) is 16.3 Å². The van der Waals surface area contributed by atoms with Crippen molar-refractivity contribution >= 4 is 27.0 Å². The maximum Gasteiger partial charge on any atom is 0.243 e. The second-order valence-corrected chi connectivity index (χ2v) is 11.1. The molecule has 0 bridgehead atoms. The van der Waals surface area contributed by atoms with Crippen molar-refractivity contribution in [1.29, 1.82) is 0 Å². The summed E-state index contributed by atoms with van der Waals surface area (Å²) in [5.41, 5.74) is 1.37. The lowest BCUT2D eigenvalue weighted by molar-refractivity contribution is -0.126. The monoisotopic (exact) mass is 462 g/mol. The molecule has 0 saturated carbocycles. The van der Waals surface area contributed by atoms with Crippen molar-refractivity contribution in [2.75, 3.05) is 39.3 Å². The van der Waals surface area contributed by atoms with Gasteiger partial charge in [-0.3, -0.25) is 4.79 Å². The Morgan fingerprint density at radius 2 is 1.94 bits per heavy atom. The number of benzene rings is 1. The highest BCUT2D eigenvalue weighted by atomic mass is 32.2. The number of hydrogen-bond donors (Lipinski definition) is 1. The predicted octanol–water partition coefficient (Wildman–Crippen LogP) is 2.01. The van der Waals surface area contributed by atoms with Crippen LogP contribution in [-0.2, 0) is 14.8 Å². The molecule has 2 fully saturated rings. The number of amides is 1. The summed E-state index contributed by atoms with van der Waals surface area (Å²) in [6, 6.07) is 5.09. The highest BCUT2D eigenvalue weighted by Crippen LogP contribution is 2.26. The maximum absolute atomic E-state index is 13.3. The van der Waals surface area contributed by atoms with Crippen LogP contribution in [0, 0.1) is 5.92 Å². The van der Waals surface area contributed by atoms with Crippen LogP contribution in [0.4, 0.5) is 0 Å². The van der Waals surface area contributed by atoms with Gasteiger partial charge in [-0.15, -0.1) is 5.10 Å². The molecule has 1 aromatic carbocycles. The van der Waals surface area contributed by atoms with E-state index in [1.54, 1.807) is 22.9 Å². The highest BCUT2D eigenvalue weighted by molar-refractivity contribution is 7.89. The number of carbonyl (C=O) groups is 1. The molecule has 2 aliphatic rings. The average molecular weight is 463 g/mol. The van der Waals surface area contributed by atoms with Crippen molar-refractivity contribution in [3.63, 3.8) is 0 Å². The van der Waals surface area contributed by atoms with Crippen molar-refractivity contribution in [2.45, 2.75) is 56.9 Å². The zero-order valence-electron chi connectivity index (χ0n) is 19.0. The van der Waals surface area contributed by atoms with Crippen molar-refractivity contribution in [3.05, 3.63) is 18.2 Å². The normalized spacial score (nSPS) is 21.3. The summed E-state index contributed by atoms with van der Waals surface area (Å²) in [5, 5.41) is 11.3. The van der Waals surface area contributed by atoms with Crippen LogP contribution >= 0.6 is 0 Å². The Balaban J connectivity index is 1.39. The maximum atomic E-state index is 13.3. The molecule has 9 nitrogen and oxygen atoms in total. The lowest BCUT2D eigenvalue weighted by atomic mass is 9.99. The zero-order valence-corrected chi connectivity index (χ0v) is 19.9. The van der Waals surface area contributed by atoms with E-state index in [1.807, 2.05) is 13.8 Å². The minimum absolute atomic E-state index is 0.0442. The van der Waals surface area contributed by atoms with Crippen LogP contribution in [0.2, 0.25) is 0 Å². The minimum Gasteiger partial charge on any atom is -0.355 e. The Hall–Kier alpha value is -2.04. The van der Waals surface area contributed by atoms with Gasteiger partial charge >= 0.3 is 0 Å². The summed E-state index contributed by atoms with van der Waals surface area (Å²) in [6.07, 6.45) is 5.13. The van der Waals surface area contributed by atoms with Gasteiger partial charge in [-0.1, -0.05) is 11.6 Å². The van der Waals surface area contributed by atoms with E-state index in [0.29, 0.717) is 31.4 Å². The number of hydrogen-bond acceptors (Lipinski definition) is 6. The number of sulfonamides is 1. The third kappa shape index (κ3) is 4.97. The van der Waals surface area contributed by atoms with Gasteiger partial charge < -0.3 is 10.2 Å². The fourth-order valence-corrected chi connectivity index (χ4v) is 6.20. The standard InChI is InChI=1S/C22H34N6O3S/c1-17(2)28-21-9-8-19(15-20(21)24-25-28)32(30,31)27-13-6-7-18(16-27)22(29)23-10-14-26-11-4-3-5-12-26/h8-9,15,17-18H,3-7,10-14,16H2,1-2H3,(H,23,29)/t18-/m0/s1.